The van der Waals surface area contributed by atoms with Gasteiger partial charge in [0.2, 0.25) is 5.91 Å². The van der Waals surface area contributed by atoms with Gasteiger partial charge in [0, 0.05) is 18.5 Å². The molecule has 0 N–H and O–H groups in total. The molecule has 0 unspecified atom stereocenters. The van der Waals surface area contributed by atoms with Gasteiger partial charge in [0.05, 0.1) is 0 Å². The van der Waals surface area contributed by atoms with E-state index in [1.807, 2.05) is 0 Å². The summed E-state index contributed by atoms with van der Waals surface area (Å²) in [6, 6.07) is 0. The molecule has 2 heteroatoms. The molecule has 0 radical (unpaired) electrons. The molecule has 2 fully saturated rings. The molecule has 1 spiro atoms. The highest BCUT2D eigenvalue weighted by Gasteiger charge is 2.50. The van der Waals surface area contributed by atoms with Gasteiger partial charge in [0.15, 0.2) is 0 Å². The number of likely N-dealkylation sites (tertiary alicyclic amines) is 1. The first kappa shape index (κ1) is 7.14. The summed E-state index contributed by atoms with van der Waals surface area (Å²) in [5.41, 5.74) is 0.351. The van der Waals surface area contributed by atoms with Crippen molar-refractivity contribution in [2.24, 2.45) is 0 Å². The van der Waals surface area contributed by atoms with E-state index in [0.717, 1.165) is 19.4 Å². The van der Waals surface area contributed by atoms with Crippen LogP contribution in [0.3, 0.4) is 0 Å². The lowest BCUT2D eigenvalue weighted by molar-refractivity contribution is -0.137. The summed E-state index contributed by atoms with van der Waals surface area (Å²) in [5, 5.41) is 0. The Morgan fingerprint density at radius 3 is 2.64 bits per heavy atom. The fourth-order valence-corrected chi connectivity index (χ4v) is 2.28. The second-order valence-electron chi connectivity index (χ2n) is 3.72. The van der Waals surface area contributed by atoms with Crippen LogP contribution in [0.4, 0.5) is 0 Å². The minimum Gasteiger partial charge on any atom is -0.337 e. The van der Waals surface area contributed by atoms with Crippen LogP contribution < -0.4 is 0 Å². The second-order valence-corrected chi connectivity index (χ2v) is 3.72. The van der Waals surface area contributed by atoms with Gasteiger partial charge in [0.25, 0.3) is 0 Å². The predicted octanol–water partition coefficient (Wildman–Crippen LogP) is 1.55. The minimum absolute atomic E-state index is 0.351. The summed E-state index contributed by atoms with van der Waals surface area (Å²) in [7, 11) is 0. The van der Waals surface area contributed by atoms with E-state index in [2.05, 4.69) is 11.8 Å². The van der Waals surface area contributed by atoms with Gasteiger partial charge in [-0.15, -0.1) is 0 Å². The van der Waals surface area contributed by atoms with Crippen LogP contribution in [0.1, 0.15) is 39.0 Å². The van der Waals surface area contributed by atoms with Gasteiger partial charge in [-0.25, -0.2) is 0 Å². The van der Waals surface area contributed by atoms with Crippen molar-refractivity contribution in [1.29, 1.82) is 0 Å². The highest BCUT2D eigenvalue weighted by Crippen LogP contribution is 2.48. The molecular formula is C9H15NO. The van der Waals surface area contributed by atoms with Gasteiger partial charge in [-0.1, -0.05) is 0 Å². The standard InChI is InChI=1S/C9H15NO/c1-2-10-8(11)4-3-5-9(10)6-7-9/h2-7H2,1H3. The quantitative estimate of drug-likeness (QED) is 0.559. The van der Waals surface area contributed by atoms with E-state index < -0.39 is 0 Å². The van der Waals surface area contributed by atoms with E-state index in [1.54, 1.807) is 0 Å². The molecule has 0 aromatic rings. The zero-order valence-electron chi connectivity index (χ0n) is 7.10. The Kier molecular flexibility index (Phi) is 1.44. The molecular weight excluding hydrogens is 138 g/mol. The summed E-state index contributed by atoms with van der Waals surface area (Å²) in [5.74, 6) is 0.385. The maximum absolute atomic E-state index is 11.4. The average Bonchev–Trinajstić information content (AvgIpc) is 2.70. The van der Waals surface area contributed by atoms with Crippen LogP contribution in [0.5, 0.6) is 0 Å². The lowest BCUT2D eigenvalue weighted by atomic mass is 10.00. The van der Waals surface area contributed by atoms with Gasteiger partial charge >= 0.3 is 0 Å². The molecule has 62 valence electrons. The van der Waals surface area contributed by atoms with Gasteiger partial charge in [-0.05, 0) is 32.6 Å². The molecule has 1 aliphatic heterocycles. The average molecular weight is 153 g/mol. The maximum Gasteiger partial charge on any atom is 0.223 e. The van der Waals surface area contributed by atoms with Gasteiger partial charge in [0.1, 0.15) is 0 Å². The van der Waals surface area contributed by atoms with E-state index in [9.17, 15) is 4.79 Å². The number of carbonyl (C=O) groups excluding carboxylic acids is 1. The Hall–Kier alpha value is -0.530. The van der Waals surface area contributed by atoms with E-state index in [-0.39, 0.29) is 0 Å². The summed E-state index contributed by atoms with van der Waals surface area (Å²) >= 11 is 0. The van der Waals surface area contributed by atoms with Crippen molar-refractivity contribution in [2.45, 2.75) is 44.6 Å². The van der Waals surface area contributed by atoms with E-state index in [4.69, 9.17) is 0 Å². The van der Waals surface area contributed by atoms with Crippen LogP contribution in [0.25, 0.3) is 0 Å². The number of rotatable bonds is 1. The van der Waals surface area contributed by atoms with Crippen LogP contribution in [-0.2, 0) is 4.79 Å². The number of amides is 1. The van der Waals surface area contributed by atoms with Crippen molar-refractivity contribution in [3.63, 3.8) is 0 Å². The van der Waals surface area contributed by atoms with Crippen LogP contribution in [0.15, 0.2) is 0 Å². The summed E-state index contributed by atoms with van der Waals surface area (Å²) in [6.07, 6.45) is 5.68. The lowest BCUT2D eigenvalue weighted by Gasteiger charge is -2.35. The SMILES string of the molecule is CCN1C(=O)CCCC12CC2. The molecule has 2 nitrogen and oxygen atoms in total. The van der Waals surface area contributed by atoms with E-state index in [0.29, 0.717) is 11.4 Å². The minimum atomic E-state index is 0.351. The number of hydrogen-bond acceptors (Lipinski definition) is 1. The van der Waals surface area contributed by atoms with Crippen molar-refractivity contribution in [1.82, 2.24) is 4.90 Å². The maximum atomic E-state index is 11.4. The van der Waals surface area contributed by atoms with Crippen molar-refractivity contribution < 1.29 is 4.79 Å². The lowest BCUT2D eigenvalue weighted by Crippen LogP contribution is -2.45. The first-order valence-corrected chi connectivity index (χ1v) is 4.59. The fourth-order valence-electron chi connectivity index (χ4n) is 2.28. The van der Waals surface area contributed by atoms with E-state index >= 15 is 0 Å². The molecule has 1 saturated carbocycles. The molecule has 0 atom stereocenters. The van der Waals surface area contributed by atoms with Crippen molar-refractivity contribution >= 4 is 5.91 Å². The highest BCUT2D eigenvalue weighted by molar-refractivity contribution is 5.78. The Morgan fingerprint density at radius 1 is 1.45 bits per heavy atom. The highest BCUT2D eigenvalue weighted by atomic mass is 16.2. The summed E-state index contributed by atoms with van der Waals surface area (Å²) in [4.78, 5) is 13.5. The third-order valence-electron chi connectivity index (χ3n) is 3.05. The monoisotopic (exact) mass is 153 g/mol. The molecule has 1 amide bonds. The van der Waals surface area contributed by atoms with Gasteiger partial charge in [-0.3, -0.25) is 4.79 Å². The molecule has 1 aliphatic carbocycles. The normalized spacial score (nSPS) is 27.7. The number of carbonyl (C=O) groups is 1. The molecule has 2 rings (SSSR count). The van der Waals surface area contributed by atoms with Crippen LogP contribution in [0.2, 0.25) is 0 Å². The number of piperidine rings is 1. The fraction of sp³-hybridized carbons (Fsp3) is 0.889. The molecule has 0 bridgehead atoms. The Labute approximate surface area is 67.6 Å². The Balaban J connectivity index is 2.14. The molecule has 11 heavy (non-hydrogen) atoms. The zero-order chi connectivity index (χ0) is 7.90. The van der Waals surface area contributed by atoms with E-state index in [1.165, 1.54) is 19.3 Å². The van der Waals surface area contributed by atoms with Crippen LogP contribution in [-0.4, -0.2) is 22.9 Å². The van der Waals surface area contributed by atoms with Crippen LogP contribution in [0, 0.1) is 0 Å². The third kappa shape index (κ3) is 0.959. The first-order chi connectivity index (χ1) is 5.28. The molecule has 0 aromatic carbocycles. The first-order valence-electron chi connectivity index (χ1n) is 4.59. The smallest absolute Gasteiger partial charge is 0.223 e. The largest absolute Gasteiger partial charge is 0.337 e. The number of nitrogens with zero attached hydrogens (tertiary/aromatic N) is 1. The second kappa shape index (κ2) is 2.23. The van der Waals surface area contributed by atoms with Gasteiger partial charge in [-0.2, -0.15) is 0 Å². The summed E-state index contributed by atoms with van der Waals surface area (Å²) < 4.78 is 0. The number of hydrogen-bond donors (Lipinski definition) is 0. The van der Waals surface area contributed by atoms with Crippen molar-refractivity contribution in [3.05, 3.63) is 0 Å². The molecule has 1 heterocycles. The van der Waals surface area contributed by atoms with Crippen LogP contribution >= 0.6 is 0 Å². The van der Waals surface area contributed by atoms with Crippen molar-refractivity contribution in [2.75, 3.05) is 6.54 Å². The van der Waals surface area contributed by atoms with Crippen molar-refractivity contribution in [3.8, 4) is 0 Å². The third-order valence-corrected chi connectivity index (χ3v) is 3.05. The summed E-state index contributed by atoms with van der Waals surface area (Å²) in [6.45, 7) is 3.00. The Bertz CT molecular complexity index is 184. The molecule has 0 aromatic heterocycles. The van der Waals surface area contributed by atoms with Gasteiger partial charge < -0.3 is 4.90 Å². The topological polar surface area (TPSA) is 20.3 Å². The predicted molar refractivity (Wildman–Crippen MR) is 43.2 cm³/mol. The zero-order valence-corrected chi connectivity index (χ0v) is 7.10. The molecule has 2 aliphatic rings. The Morgan fingerprint density at radius 2 is 2.18 bits per heavy atom. The molecule has 1 saturated heterocycles.